The Morgan fingerprint density at radius 3 is 2.50 bits per heavy atom. The second-order valence-corrected chi connectivity index (χ2v) is 5.69. The highest BCUT2D eigenvalue weighted by atomic mass is 16.1. The Labute approximate surface area is 132 Å². The molecular weight excluding hydrogens is 274 g/mol. The lowest BCUT2D eigenvalue weighted by Crippen LogP contribution is -2.26. The number of nitrogens with one attached hydrogen (secondary N) is 1. The monoisotopic (exact) mass is 299 g/mol. The van der Waals surface area contributed by atoms with Crippen LogP contribution in [0.25, 0.3) is 0 Å². The zero-order chi connectivity index (χ0) is 16.3. The van der Waals surface area contributed by atoms with E-state index in [0.29, 0.717) is 13.1 Å². The van der Waals surface area contributed by atoms with Crippen LogP contribution in [0.2, 0.25) is 0 Å². The van der Waals surface area contributed by atoms with Crippen molar-refractivity contribution < 1.29 is 4.79 Å². The quantitative estimate of drug-likeness (QED) is 0.892. The van der Waals surface area contributed by atoms with E-state index in [1.165, 1.54) is 0 Å². The Balaban J connectivity index is 2.12. The van der Waals surface area contributed by atoms with Gasteiger partial charge in [-0.2, -0.15) is 0 Å². The molecule has 0 bridgehead atoms. The van der Waals surface area contributed by atoms with Crippen LogP contribution in [0.4, 0.5) is 0 Å². The van der Waals surface area contributed by atoms with Crippen molar-refractivity contribution in [1.29, 1.82) is 0 Å². The van der Waals surface area contributed by atoms with Crippen LogP contribution >= 0.6 is 0 Å². The first-order valence-electron chi connectivity index (χ1n) is 7.71. The van der Waals surface area contributed by atoms with Gasteiger partial charge in [0.05, 0.1) is 0 Å². The number of nitrogens with zero attached hydrogens (tertiary/aromatic N) is 1. The van der Waals surface area contributed by atoms with Gasteiger partial charge in [0, 0.05) is 25.3 Å². The molecule has 1 amide bonds. The van der Waals surface area contributed by atoms with Gasteiger partial charge < -0.3 is 15.6 Å². The summed E-state index contributed by atoms with van der Waals surface area (Å²) in [6.45, 7) is 10.0. The highest BCUT2D eigenvalue weighted by Gasteiger charge is 2.14. The standard InChI is InChI=1S/C18H25N3O/c1-5-21-14(4)12(2)9-17(21)18(22)20-11-16-7-6-15(10-19)8-13(16)3/h6-9H,5,10-11,19H2,1-4H3,(H,20,22). The fourth-order valence-corrected chi connectivity index (χ4v) is 2.73. The molecular formula is C18H25N3O. The van der Waals surface area contributed by atoms with E-state index in [9.17, 15) is 4.79 Å². The number of carbonyl (C=O) groups is 1. The summed E-state index contributed by atoms with van der Waals surface area (Å²) in [6, 6.07) is 8.08. The molecule has 0 atom stereocenters. The molecule has 0 spiro atoms. The number of benzene rings is 1. The lowest BCUT2D eigenvalue weighted by atomic mass is 10.1. The SMILES string of the molecule is CCn1c(C(=O)NCc2ccc(CN)cc2C)cc(C)c1C. The van der Waals surface area contributed by atoms with Gasteiger partial charge in [-0.05, 0) is 56.0 Å². The Bertz CT molecular complexity index is 686. The average molecular weight is 299 g/mol. The van der Waals surface area contributed by atoms with Crippen LogP contribution in [-0.4, -0.2) is 10.5 Å². The molecule has 1 aromatic heterocycles. The van der Waals surface area contributed by atoms with Gasteiger partial charge in [0.2, 0.25) is 0 Å². The van der Waals surface area contributed by atoms with Crippen LogP contribution < -0.4 is 11.1 Å². The second-order valence-electron chi connectivity index (χ2n) is 5.69. The van der Waals surface area contributed by atoms with Gasteiger partial charge in [-0.25, -0.2) is 0 Å². The van der Waals surface area contributed by atoms with Crippen LogP contribution in [-0.2, 0) is 19.6 Å². The topological polar surface area (TPSA) is 60.0 Å². The molecule has 0 radical (unpaired) electrons. The number of amides is 1. The molecule has 118 valence electrons. The minimum atomic E-state index is -0.0275. The molecule has 4 nitrogen and oxygen atoms in total. The van der Waals surface area contributed by atoms with E-state index in [1.807, 2.05) is 39.0 Å². The highest BCUT2D eigenvalue weighted by Crippen LogP contribution is 2.15. The molecule has 4 heteroatoms. The molecule has 1 heterocycles. The Morgan fingerprint density at radius 2 is 1.91 bits per heavy atom. The van der Waals surface area contributed by atoms with Crippen molar-refractivity contribution in [2.45, 2.75) is 47.3 Å². The molecule has 1 aromatic carbocycles. The van der Waals surface area contributed by atoms with Gasteiger partial charge in [-0.15, -0.1) is 0 Å². The van der Waals surface area contributed by atoms with Crippen LogP contribution in [0.15, 0.2) is 24.3 Å². The molecule has 0 saturated carbocycles. The number of nitrogens with two attached hydrogens (primary N) is 1. The fraction of sp³-hybridized carbons (Fsp3) is 0.389. The summed E-state index contributed by atoms with van der Waals surface area (Å²) < 4.78 is 2.05. The minimum Gasteiger partial charge on any atom is -0.347 e. The summed E-state index contributed by atoms with van der Waals surface area (Å²) in [5, 5.41) is 3.02. The first kappa shape index (κ1) is 16.3. The summed E-state index contributed by atoms with van der Waals surface area (Å²) in [7, 11) is 0. The largest absolute Gasteiger partial charge is 0.347 e. The molecule has 2 aromatic rings. The van der Waals surface area contributed by atoms with Crippen LogP contribution in [0, 0.1) is 20.8 Å². The van der Waals surface area contributed by atoms with E-state index in [-0.39, 0.29) is 5.91 Å². The van der Waals surface area contributed by atoms with Crippen molar-refractivity contribution in [3.63, 3.8) is 0 Å². The first-order chi connectivity index (χ1) is 10.5. The van der Waals surface area contributed by atoms with Crippen molar-refractivity contribution in [1.82, 2.24) is 9.88 Å². The molecule has 0 fully saturated rings. The third kappa shape index (κ3) is 3.22. The minimum absolute atomic E-state index is 0.0275. The van der Waals surface area contributed by atoms with Crippen molar-refractivity contribution in [2.24, 2.45) is 5.73 Å². The van der Waals surface area contributed by atoms with Crippen LogP contribution in [0.1, 0.15) is 45.4 Å². The maximum atomic E-state index is 12.4. The molecule has 2 rings (SSSR count). The van der Waals surface area contributed by atoms with E-state index in [2.05, 4.69) is 22.9 Å². The van der Waals surface area contributed by atoms with Gasteiger partial charge >= 0.3 is 0 Å². The molecule has 3 N–H and O–H groups in total. The second kappa shape index (κ2) is 6.79. The highest BCUT2D eigenvalue weighted by molar-refractivity contribution is 5.93. The van der Waals surface area contributed by atoms with Gasteiger partial charge in [0.25, 0.3) is 5.91 Å². The number of carbonyl (C=O) groups excluding carboxylic acids is 1. The van der Waals surface area contributed by atoms with Crippen LogP contribution in [0.5, 0.6) is 0 Å². The third-order valence-corrected chi connectivity index (χ3v) is 4.25. The maximum absolute atomic E-state index is 12.4. The van der Waals surface area contributed by atoms with Gasteiger partial charge in [0.1, 0.15) is 5.69 Å². The van der Waals surface area contributed by atoms with E-state index in [4.69, 9.17) is 5.73 Å². The number of aryl methyl sites for hydroxylation is 2. The van der Waals surface area contributed by atoms with Gasteiger partial charge in [-0.1, -0.05) is 18.2 Å². The zero-order valence-corrected chi connectivity index (χ0v) is 13.9. The normalized spacial score (nSPS) is 10.8. The van der Waals surface area contributed by atoms with E-state index < -0.39 is 0 Å². The van der Waals surface area contributed by atoms with Gasteiger partial charge in [-0.3, -0.25) is 4.79 Å². The van der Waals surface area contributed by atoms with Crippen molar-refractivity contribution in [3.05, 3.63) is 57.9 Å². The Hall–Kier alpha value is -2.07. The van der Waals surface area contributed by atoms with E-state index >= 15 is 0 Å². The summed E-state index contributed by atoms with van der Waals surface area (Å²) in [5.41, 5.74) is 12.1. The van der Waals surface area contributed by atoms with Crippen molar-refractivity contribution in [2.75, 3.05) is 0 Å². The van der Waals surface area contributed by atoms with E-state index in [0.717, 1.165) is 40.2 Å². The number of rotatable bonds is 5. The third-order valence-electron chi connectivity index (χ3n) is 4.25. The average Bonchev–Trinajstić information content (AvgIpc) is 2.80. The lowest BCUT2D eigenvalue weighted by molar-refractivity contribution is 0.0941. The molecule has 0 aliphatic carbocycles. The predicted octanol–water partition coefficient (Wildman–Crippen LogP) is 2.82. The summed E-state index contributed by atoms with van der Waals surface area (Å²) in [5.74, 6) is -0.0275. The fourth-order valence-electron chi connectivity index (χ4n) is 2.73. The number of aromatic nitrogens is 1. The smallest absolute Gasteiger partial charge is 0.268 e. The van der Waals surface area contributed by atoms with Crippen molar-refractivity contribution in [3.8, 4) is 0 Å². The number of hydrogen-bond donors (Lipinski definition) is 2. The molecule has 0 unspecified atom stereocenters. The summed E-state index contributed by atoms with van der Waals surface area (Å²) >= 11 is 0. The maximum Gasteiger partial charge on any atom is 0.268 e. The van der Waals surface area contributed by atoms with Crippen LogP contribution in [0.3, 0.4) is 0 Å². The molecule has 0 aliphatic heterocycles. The first-order valence-corrected chi connectivity index (χ1v) is 7.71. The number of hydrogen-bond acceptors (Lipinski definition) is 2. The molecule has 0 aliphatic rings. The van der Waals surface area contributed by atoms with Crippen molar-refractivity contribution >= 4 is 5.91 Å². The summed E-state index contributed by atoms with van der Waals surface area (Å²) in [6.07, 6.45) is 0. The zero-order valence-electron chi connectivity index (χ0n) is 13.9. The predicted molar refractivity (Wildman–Crippen MR) is 89.8 cm³/mol. The Morgan fingerprint density at radius 1 is 1.18 bits per heavy atom. The Kier molecular flexibility index (Phi) is 5.03. The summed E-state index contributed by atoms with van der Waals surface area (Å²) in [4.78, 5) is 12.4. The lowest BCUT2D eigenvalue weighted by Gasteiger charge is -2.11. The molecule has 0 saturated heterocycles. The molecule has 22 heavy (non-hydrogen) atoms. The van der Waals surface area contributed by atoms with Gasteiger partial charge in [0.15, 0.2) is 0 Å². The van der Waals surface area contributed by atoms with E-state index in [1.54, 1.807) is 0 Å².